The van der Waals surface area contributed by atoms with E-state index in [1.165, 1.54) is 0 Å². The van der Waals surface area contributed by atoms with E-state index in [1.54, 1.807) is 12.5 Å². The molecule has 0 bridgehead atoms. The number of hydrogen-bond donors (Lipinski definition) is 1. The number of ether oxygens (including phenoxy) is 2. The fraction of sp³-hybridized carbons (Fsp3) is 0.222. The highest BCUT2D eigenvalue weighted by Crippen LogP contribution is 2.31. The molecule has 0 saturated carbocycles. The highest BCUT2D eigenvalue weighted by atomic mass is 16.5. The maximum atomic E-state index is 6.22. The lowest BCUT2D eigenvalue weighted by Gasteiger charge is -2.15. The lowest BCUT2D eigenvalue weighted by atomic mass is 10.2. The summed E-state index contributed by atoms with van der Waals surface area (Å²) in [6.07, 6.45) is 8.44. The molecular formula is C27H26N6O2. The van der Waals surface area contributed by atoms with Gasteiger partial charge in [0.25, 0.3) is 0 Å². The van der Waals surface area contributed by atoms with Crippen molar-refractivity contribution in [2.24, 2.45) is 0 Å². The van der Waals surface area contributed by atoms with Gasteiger partial charge in [0, 0.05) is 48.8 Å². The molecule has 0 amide bonds. The monoisotopic (exact) mass is 466 g/mol. The van der Waals surface area contributed by atoms with Crippen LogP contribution in [-0.2, 0) is 0 Å². The molecule has 0 aliphatic carbocycles. The molecule has 8 nitrogen and oxygen atoms in total. The molecule has 5 aromatic rings. The number of aromatic nitrogens is 4. The Labute approximate surface area is 203 Å². The normalized spacial score (nSPS) is 16.1. The minimum atomic E-state index is 0.211. The zero-order valence-corrected chi connectivity index (χ0v) is 19.7. The van der Waals surface area contributed by atoms with Crippen molar-refractivity contribution in [1.82, 2.24) is 24.3 Å². The van der Waals surface area contributed by atoms with Crippen LogP contribution >= 0.6 is 0 Å². The Balaban J connectivity index is 1.22. The summed E-state index contributed by atoms with van der Waals surface area (Å²) in [4.78, 5) is 15.5. The minimum absolute atomic E-state index is 0.211. The quantitative estimate of drug-likeness (QED) is 0.368. The van der Waals surface area contributed by atoms with Gasteiger partial charge in [-0.1, -0.05) is 0 Å². The Morgan fingerprint density at radius 1 is 0.971 bits per heavy atom. The molecule has 0 unspecified atom stereocenters. The van der Waals surface area contributed by atoms with Crippen LogP contribution in [0.3, 0.4) is 0 Å². The van der Waals surface area contributed by atoms with E-state index >= 15 is 0 Å². The summed E-state index contributed by atoms with van der Waals surface area (Å²) >= 11 is 0. The van der Waals surface area contributed by atoms with Gasteiger partial charge in [0.2, 0.25) is 0 Å². The number of aryl methyl sites for hydroxylation is 1. The second-order valence-corrected chi connectivity index (χ2v) is 8.95. The lowest BCUT2D eigenvalue weighted by molar-refractivity contribution is 0.208. The SMILES string of the molecule is Cc1cc(Nc2ncnc3ccc(O[C@H]4CCN(C)C4)cc23)ccc1Oc1ccn2ccnc2c1. The number of rotatable bonds is 6. The summed E-state index contributed by atoms with van der Waals surface area (Å²) in [5, 5.41) is 4.36. The smallest absolute Gasteiger partial charge is 0.141 e. The van der Waals surface area contributed by atoms with Gasteiger partial charge in [-0.05, 0) is 68.4 Å². The van der Waals surface area contributed by atoms with Gasteiger partial charge in [-0.15, -0.1) is 0 Å². The number of imidazole rings is 1. The topological polar surface area (TPSA) is 76.8 Å². The third-order valence-corrected chi connectivity index (χ3v) is 6.29. The Kier molecular flexibility index (Phi) is 5.42. The number of anilines is 2. The Morgan fingerprint density at radius 3 is 2.77 bits per heavy atom. The maximum absolute atomic E-state index is 6.22. The second kappa shape index (κ2) is 8.88. The molecule has 6 rings (SSSR count). The van der Waals surface area contributed by atoms with Crippen LogP contribution in [0.1, 0.15) is 12.0 Å². The Hall–Kier alpha value is -4.17. The van der Waals surface area contributed by atoms with E-state index in [1.807, 2.05) is 72.2 Å². The molecule has 1 aliphatic rings. The predicted octanol–water partition coefficient (Wildman–Crippen LogP) is 5.20. The largest absolute Gasteiger partial charge is 0.489 e. The zero-order valence-electron chi connectivity index (χ0n) is 19.7. The number of nitrogens with zero attached hydrogens (tertiary/aromatic N) is 5. The summed E-state index contributed by atoms with van der Waals surface area (Å²) < 4.78 is 14.3. The average molecular weight is 467 g/mol. The Morgan fingerprint density at radius 2 is 1.91 bits per heavy atom. The van der Waals surface area contributed by atoms with Crippen LogP contribution < -0.4 is 14.8 Å². The molecule has 2 aromatic carbocycles. The van der Waals surface area contributed by atoms with Gasteiger partial charge in [0.15, 0.2) is 0 Å². The highest BCUT2D eigenvalue weighted by Gasteiger charge is 2.21. The number of likely N-dealkylation sites (tertiary alicyclic amines) is 1. The predicted molar refractivity (Wildman–Crippen MR) is 136 cm³/mol. The second-order valence-electron chi connectivity index (χ2n) is 8.95. The van der Waals surface area contributed by atoms with Crippen LogP contribution in [0.25, 0.3) is 16.6 Å². The fourth-order valence-electron chi connectivity index (χ4n) is 4.45. The van der Waals surface area contributed by atoms with E-state index in [9.17, 15) is 0 Å². The zero-order chi connectivity index (χ0) is 23.8. The van der Waals surface area contributed by atoms with Crippen molar-refractivity contribution in [2.75, 3.05) is 25.5 Å². The van der Waals surface area contributed by atoms with Crippen molar-refractivity contribution in [2.45, 2.75) is 19.4 Å². The summed E-state index contributed by atoms with van der Waals surface area (Å²) in [5.74, 6) is 3.11. The number of pyridine rings is 1. The fourth-order valence-corrected chi connectivity index (χ4v) is 4.45. The first-order chi connectivity index (χ1) is 17.1. The first kappa shape index (κ1) is 21.4. The van der Waals surface area contributed by atoms with Crippen molar-refractivity contribution in [1.29, 1.82) is 0 Å². The molecule has 1 atom stereocenters. The first-order valence-electron chi connectivity index (χ1n) is 11.7. The lowest BCUT2D eigenvalue weighted by Crippen LogP contribution is -2.21. The van der Waals surface area contributed by atoms with E-state index in [4.69, 9.17) is 9.47 Å². The molecule has 8 heteroatoms. The van der Waals surface area contributed by atoms with Gasteiger partial charge in [-0.25, -0.2) is 15.0 Å². The number of benzene rings is 2. The van der Waals surface area contributed by atoms with E-state index in [-0.39, 0.29) is 6.10 Å². The third-order valence-electron chi connectivity index (χ3n) is 6.29. The molecule has 35 heavy (non-hydrogen) atoms. The van der Waals surface area contributed by atoms with Crippen LogP contribution in [0.2, 0.25) is 0 Å². The van der Waals surface area contributed by atoms with Gasteiger partial charge >= 0.3 is 0 Å². The molecule has 4 heterocycles. The third kappa shape index (κ3) is 4.48. The van der Waals surface area contributed by atoms with Crippen molar-refractivity contribution in [3.05, 3.63) is 79.0 Å². The van der Waals surface area contributed by atoms with Crippen molar-refractivity contribution in [3.8, 4) is 17.2 Å². The first-order valence-corrected chi connectivity index (χ1v) is 11.7. The number of hydrogen-bond acceptors (Lipinski definition) is 7. The van der Waals surface area contributed by atoms with Gasteiger partial charge in [0.05, 0.1) is 5.52 Å². The minimum Gasteiger partial charge on any atom is -0.489 e. The van der Waals surface area contributed by atoms with Crippen molar-refractivity contribution in [3.63, 3.8) is 0 Å². The van der Waals surface area contributed by atoms with Gasteiger partial charge in [-0.3, -0.25) is 0 Å². The Bertz CT molecular complexity index is 1510. The molecule has 0 radical (unpaired) electrons. The molecule has 1 N–H and O–H groups in total. The number of fused-ring (bicyclic) bond motifs is 2. The summed E-state index contributed by atoms with van der Waals surface area (Å²) in [6, 6.07) is 15.8. The molecule has 1 aliphatic heterocycles. The van der Waals surface area contributed by atoms with Crippen LogP contribution in [-0.4, -0.2) is 50.5 Å². The molecular weight excluding hydrogens is 440 g/mol. The molecule has 1 fully saturated rings. The molecule has 1 saturated heterocycles. The molecule has 0 spiro atoms. The molecule has 176 valence electrons. The van der Waals surface area contributed by atoms with E-state index in [0.717, 1.165) is 70.4 Å². The highest BCUT2D eigenvalue weighted by molar-refractivity contribution is 5.91. The average Bonchev–Trinajstić information content (AvgIpc) is 3.49. The standard InChI is InChI=1S/C27H26N6O2/c1-18-13-19(3-6-25(18)35-21-8-11-33-12-9-28-26(33)15-21)31-27-23-14-20(4-5-24(23)29-17-30-27)34-22-7-10-32(2)16-22/h3-6,8-9,11-15,17,22H,7,10,16H2,1-2H3,(H,29,30,31)/t22-/m0/s1. The summed E-state index contributed by atoms with van der Waals surface area (Å²) in [5.41, 5.74) is 3.63. The van der Waals surface area contributed by atoms with Crippen molar-refractivity contribution < 1.29 is 9.47 Å². The van der Waals surface area contributed by atoms with Crippen LogP contribution in [0.15, 0.2) is 73.4 Å². The van der Waals surface area contributed by atoms with Crippen LogP contribution in [0, 0.1) is 6.92 Å². The van der Waals surface area contributed by atoms with E-state index in [0.29, 0.717) is 0 Å². The van der Waals surface area contributed by atoms with E-state index in [2.05, 4.69) is 32.2 Å². The van der Waals surface area contributed by atoms with Gasteiger partial charge in [-0.2, -0.15) is 0 Å². The van der Waals surface area contributed by atoms with Crippen LogP contribution in [0.5, 0.6) is 17.2 Å². The maximum Gasteiger partial charge on any atom is 0.141 e. The number of nitrogens with one attached hydrogen (secondary N) is 1. The molecule has 3 aromatic heterocycles. The summed E-state index contributed by atoms with van der Waals surface area (Å²) in [6.45, 7) is 4.03. The van der Waals surface area contributed by atoms with Gasteiger partial charge < -0.3 is 24.1 Å². The number of likely N-dealkylation sites (N-methyl/N-ethyl adjacent to an activating group) is 1. The van der Waals surface area contributed by atoms with Crippen molar-refractivity contribution >= 4 is 28.1 Å². The van der Waals surface area contributed by atoms with E-state index < -0.39 is 0 Å². The summed E-state index contributed by atoms with van der Waals surface area (Å²) in [7, 11) is 2.12. The van der Waals surface area contributed by atoms with Crippen LogP contribution in [0.4, 0.5) is 11.5 Å². The van der Waals surface area contributed by atoms with Gasteiger partial charge in [0.1, 0.15) is 41.1 Å².